The van der Waals surface area contributed by atoms with Crippen molar-refractivity contribution in [2.45, 2.75) is 65.2 Å². The molecule has 1 fully saturated rings. The van der Waals surface area contributed by atoms with E-state index in [4.69, 9.17) is 0 Å². The third kappa shape index (κ3) is 3.31. The Bertz CT molecular complexity index is 459. The molecule has 0 heterocycles. The van der Waals surface area contributed by atoms with E-state index in [-0.39, 0.29) is 11.3 Å². The molecule has 0 N–H and O–H groups in total. The Morgan fingerprint density at radius 1 is 1.10 bits per heavy atom. The van der Waals surface area contributed by atoms with Crippen molar-refractivity contribution in [1.29, 1.82) is 0 Å². The second-order valence-electron chi connectivity index (χ2n) is 7.29. The number of Topliss-reactive ketones (excluding diaryl/α,β-unsaturated/α-hetero) is 1. The molecule has 0 spiro atoms. The van der Waals surface area contributed by atoms with Crippen LogP contribution in [0.2, 0.25) is 0 Å². The highest BCUT2D eigenvalue weighted by Gasteiger charge is 2.29. The van der Waals surface area contributed by atoms with E-state index in [9.17, 15) is 4.79 Å². The van der Waals surface area contributed by atoms with Gasteiger partial charge < -0.3 is 0 Å². The van der Waals surface area contributed by atoms with Crippen LogP contribution in [0.1, 0.15) is 75.7 Å². The molecular formula is C19H28O. The largest absolute Gasteiger partial charge is 0.294 e. The van der Waals surface area contributed by atoms with Crippen molar-refractivity contribution < 1.29 is 4.79 Å². The van der Waals surface area contributed by atoms with Crippen molar-refractivity contribution in [2.75, 3.05) is 0 Å². The van der Waals surface area contributed by atoms with Crippen molar-refractivity contribution >= 4 is 5.78 Å². The third-order valence-corrected chi connectivity index (χ3v) is 4.80. The van der Waals surface area contributed by atoms with Crippen LogP contribution in [-0.4, -0.2) is 5.78 Å². The Labute approximate surface area is 123 Å². The summed E-state index contributed by atoms with van der Waals surface area (Å²) in [6.07, 6.45) is 5.88. The zero-order valence-electron chi connectivity index (χ0n) is 13.4. The van der Waals surface area contributed by atoms with Gasteiger partial charge in [-0.15, -0.1) is 0 Å². The molecule has 1 aromatic rings. The molecule has 1 saturated carbocycles. The van der Waals surface area contributed by atoms with Crippen molar-refractivity contribution in [1.82, 2.24) is 0 Å². The van der Waals surface area contributed by atoms with Crippen molar-refractivity contribution in [3.63, 3.8) is 0 Å². The first-order valence-corrected chi connectivity index (χ1v) is 8.07. The Morgan fingerprint density at radius 2 is 1.70 bits per heavy atom. The van der Waals surface area contributed by atoms with E-state index in [0.717, 1.165) is 24.3 Å². The van der Waals surface area contributed by atoms with Crippen LogP contribution in [0.5, 0.6) is 0 Å². The van der Waals surface area contributed by atoms with E-state index < -0.39 is 0 Å². The zero-order chi connectivity index (χ0) is 14.8. The van der Waals surface area contributed by atoms with Crippen LogP contribution in [0.25, 0.3) is 0 Å². The average Bonchev–Trinajstić information content (AvgIpc) is 2.46. The van der Waals surface area contributed by atoms with Gasteiger partial charge in [-0.3, -0.25) is 4.79 Å². The number of rotatable bonds is 3. The number of hydrogen-bond donors (Lipinski definition) is 0. The fraction of sp³-hybridized carbons (Fsp3) is 0.632. The van der Waals surface area contributed by atoms with Gasteiger partial charge in [0.15, 0.2) is 5.78 Å². The monoisotopic (exact) mass is 272 g/mol. The fourth-order valence-corrected chi connectivity index (χ4v) is 3.40. The second-order valence-corrected chi connectivity index (χ2v) is 7.29. The molecule has 110 valence electrons. The minimum Gasteiger partial charge on any atom is -0.294 e. The van der Waals surface area contributed by atoms with E-state index in [1.54, 1.807) is 0 Å². The molecule has 20 heavy (non-hydrogen) atoms. The summed E-state index contributed by atoms with van der Waals surface area (Å²) in [6, 6.07) is 8.19. The summed E-state index contributed by atoms with van der Waals surface area (Å²) in [6.45, 7) is 8.83. The van der Waals surface area contributed by atoms with Gasteiger partial charge in [-0.05, 0) is 42.6 Å². The Balaban J connectivity index is 2.18. The molecule has 1 heteroatoms. The molecule has 0 atom stereocenters. The molecule has 1 aromatic carbocycles. The first-order chi connectivity index (χ1) is 9.43. The molecule has 0 unspecified atom stereocenters. The molecule has 0 bridgehead atoms. The highest BCUT2D eigenvalue weighted by molar-refractivity contribution is 5.99. The maximum absolute atomic E-state index is 12.9. The maximum atomic E-state index is 12.9. The first-order valence-electron chi connectivity index (χ1n) is 8.07. The Hall–Kier alpha value is -1.11. The predicted octanol–water partition coefficient (Wildman–Crippen LogP) is 5.38. The van der Waals surface area contributed by atoms with Crippen molar-refractivity contribution in [2.24, 2.45) is 11.8 Å². The molecule has 2 rings (SSSR count). The zero-order valence-corrected chi connectivity index (χ0v) is 13.4. The lowest BCUT2D eigenvalue weighted by Gasteiger charge is -2.29. The molecule has 0 radical (unpaired) electrons. The van der Waals surface area contributed by atoms with E-state index in [2.05, 4.69) is 33.8 Å². The highest BCUT2D eigenvalue weighted by Crippen LogP contribution is 2.35. The molecule has 0 amide bonds. The summed E-state index contributed by atoms with van der Waals surface area (Å²) in [5, 5.41) is 0. The summed E-state index contributed by atoms with van der Waals surface area (Å²) in [7, 11) is 0. The Morgan fingerprint density at radius 3 is 2.25 bits per heavy atom. The number of ketones is 1. The topological polar surface area (TPSA) is 17.1 Å². The number of hydrogen-bond acceptors (Lipinski definition) is 1. The summed E-state index contributed by atoms with van der Waals surface area (Å²) in [5.74, 6) is 1.48. The smallest absolute Gasteiger partial charge is 0.166 e. The van der Waals surface area contributed by atoms with Crippen LogP contribution in [0, 0.1) is 11.8 Å². The lowest BCUT2D eigenvalue weighted by Crippen LogP contribution is -2.25. The van der Waals surface area contributed by atoms with E-state index >= 15 is 0 Å². The molecule has 0 saturated heterocycles. The summed E-state index contributed by atoms with van der Waals surface area (Å²) in [4.78, 5) is 12.9. The molecule has 1 aliphatic rings. The minimum atomic E-state index is 0.0346. The van der Waals surface area contributed by atoms with Gasteiger partial charge in [-0.1, -0.05) is 58.4 Å². The molecular weight excluding hydrogens is 244 g/mol. The molecule has 0 aliphatic heterocycles. The predicted molar refractivity (Wildman–Crippen MR) is 85.2 cm³/mol. The average molecular weight is 272 g/mol. The fourth-order valence-electron chi connectivity index (χ4n) is 3.40. The van der Waals surface area contributed by atoms with Gasteiger partial charge in [0.2, 0.25) is 0 Å². The quantitative estimate of drug-likeness (QED) is 0.675. The van der Waals surface area contributed by atoms with Gasteiger partial charge in [-0.2, -0.15) is 0 Å². The number of carbonyl (C=O) groups is 1. The SMILES string of the molecule is CCC1CCC(C(=O)c2ccccc2C(C)(C)C)CC1. The van der Waals surface area contributed by atoms with Crippen LogP contribution in [-0.2, 0) is 5.41 Å². The first kappa shape index (κ1) is 15.3. The lowest BCUT2D eigenvalue weighted by molar-refractivity contribution is 0.0869. The third-order valence-electron chi connectivity index (χ3n) is 4.80. The van der Waals surface area contributed by atoms with E-state index in [1.807, 2.05) is 18.2 Å². The summed E-state index contributed by atoms with van der Waals surface area (Å²) in [5.41, 5.74) is 2.19. The highest BCUT2D eigenvalue weighted by atomic mass is 16.1. The van der Waals surface area contributed by atoms with Crippen LogP contribution in [0.3, 0.4) is 0 Å². The van der Waals surface area contributed by atoms with Gasteiger partial charge in [0, 0.05) is 11.5 Å². The van der Waals surface area contributed by atoms with Crippen LogP contribution < -0.4 is 0 Å². The van der Waals surface area contributed by atoms with Crippen molar-refractivity contribution in [3.8, 4) is 0 Å². The summed E-state index contributed by atoms with van der Waals surface area (Å²) < 4.78 is 0. The van der Waals surface area contributed by atoms with E-state index in [1.165, 1.54) is 24.8 Å². The van der Waals surface area contributed by atoms with Crippen LogP contribution >= 0.6 is 0 Å². The maximum Gasteiger partial charge on any atom is 0.166 e. The van der Waals surface area contributed by atoms with Crippen LogP contribution in [0.15, 0.2) is 24.3 Å². The normalized spacial score (nSPS) is 23.6. The van der Waals surface area contributed by atoms with Gasteiger partial charge in [0.25, 0.3) is 0 Å². The van der Waals surface area contributed by atoms with Gasteiger partial charge >= 0.3 is 0 Å². The van der Waals surface area contributed by atoms with E-state index in [0.29, 0.717) is 5.78 Å². The van der Waals surface area contributed by atoms with Crippen LogP contribution in [0.4, 0.5) is 0 Å². The minimum absolute atomic E-state index is 0.0346. The number of carbonyl (C=O) groups excluding carboxylic acids is 1. The van der Waals surface area contributed by atoms with Gasteiger partial charge in [0.05, 0.1) is 0 Å². The van der Waals surface area contributed by atoms with Gasteiger partial charge in [-0.25, -0.2) is 0 Å². The van der Waals surface area contributed by atoms with Crippen molar-refractivity contribution in [3.05, 3.63) is 35.4 Å². The molecule has 1 aliphatic carbocycles. The Kier molecular flexibility index (Phi) is 4.67. The number of benzene rings is 1. The second kappa shape index (κ2) is 6.11. The summed E-state index contributed by atoms with van der Waals surface area (Å²) >= 11 is 0. The lowest BCUT2D eigenvalue weighted by atomic mass is 9.75. The molecule has 0 aromatic heterocycles. The van der Waals surface area contributed by atoms with Gasteiger partial charge in [0.1, 0.15) is 0 Å². The standard InChI is InChI=1S/C19H28O/c1-5-14-10-12-15(13-11-14)18(20)16-8-6-7-9-17(16)19(2,3)4/h6-9,14-15H,5,10-13H2,1-4H3. The molecule has 1 nitrogen and oxygen atoms in total.